The topological polar surface area (TPSA) is 36.9 Å². The maximum atomic E-state index is 5.65. The Hall–Kier alpha value is -0.0400. The van der Waals surface area contributed by atoms with Crippen LogP contribution in [0.4, 0.5) is 0 Å². The largest absolute Gasteiger partial charge is 0.382 e. The third kappa shape index (κ3) is 5.47. The van der Waals surface area contributed by atoms with Crippen LogP contribution in [0.2, 0.25) is 0 Å². The van der Waals surface area contributed by atoms with Gasteiger partial charge in [-0.1, -0.05) is 25.7 Å². The van der Waals surface area contributed by atoms with Crippen molar-refractivity contribution >= 4 is 29.9 Å². The van der Waals surface area contributed by atoms with E-state index in [0.717, 1.165) is 37.6 Å². The monoisotopic (exact) mass is 463 g/mol. The third-order valence-corrected chi connectivity index (χ3v) is 6.75. The quantitative estimate of drug-likeness (QED) is 0.276. The first-order chi connectivity index (χ1) is 11.8. The van der Waals surface area contributed by atoms with Crippen molar-refractivity contribution in [2.75, 3.05) is 39.9 Å². The predicted octanol–water partition coefficient (Wildman–Crippen LogP) is 4.29. The zero-order valence-corrected chi connectivity index (χ0v) is 18.6. The van der Waals surface area contributed by atoms with Gasteiger partial charge in [0.2, 0.25) is 0 Å². The van der Waals surface area contributed by atoms with Gasteiger partial charge >= 0.3 is 0 Å². The summed E-state index contributed by atoms with van der Waals surface area (Å²) in [5.41, 5.74) is 0.428. The standard InChI is InChI=1S/C20H37N3O.HI/c1-3-24-13-12-20(10-6-7-11-20)16-22-19(21-2)23-14-17-8-4-5-9-18(17)15-23;/h17-18H,3-16H2,1-2H3,(H,21,22);1H. The van der Waals surface area contributed by atoms with Crippen LogP contribution >= 0.6 is 24.0 Å². The Morgan fingerprint density at radius 1 is 1.12 bits per heavy atom. The minimum Gasteiger partial charge on any atom is -0.382 e. The van der Waals surface area contributed by atoms with Gasteiger partial charge in [0, 0.05) is 39.9 Å². The number of nitrogens with zero attached hydrogens (tertiary/aromatic N) is 2. The van der Waals surface area contributed by atoms with Gasteiger partial charge < -0.3 is 15.0 Å². The Morgan fingerprint density at radius 2 is 1.76 bits per heavy atom. The molecule has 0 aromatic carbocycles. The Balaban J connectivity index is 0.00000225. The third-order valence-electron chi connectivity index (χ3n) is 6.75. The SMILES string of the molecule is CCOCCC1(CNC(=NC)N2CC3CCCCC3C2)CCCC1.I. The molecule has 0 aromatic rings. The first-order valence-corrected chi connectivity index (χ1v) is 10.3. The number of hydrogen-bond acceptors (Lipinski definition) is 2. The van der Waals surface area contributed by atoms with E-state index in [1.807, 2.05) is 7.05 Å². The van der Waals surface area contributed by atoms with Crippen molar-refractivity contribution in [3.05, 3.63) is 0 Å². The van der Waals surface area contributed by atoms with Gasteiger partial charge in [0.05, 0.1) is 0 Å². The molecule has 1 saturated heterocycles. The summed E-state index contributed by atoms with van der Waals surface area (Å²) < 4.78 is 5.65. The fourth-order valence-electron chi connectivity index (χ4n) is 5.25. The second-order valence-corrected chi connectivity index (χ2v) is 8.26. The molecule has 0 aromatic heterocycles. The lowest BCUT2D eigenvalue weighted by Crippen LogP contribution is -2.45. The number of aliphatic imine (C=N–C) groups is 1. The maximum absolute atomic E-state index is 5.65. The normalized spacial score (nSPS) is 28.6. The molecule has 1 heterocycles. The van der Waals surface area contributed by atoms with Crippen LogP contribution < -0.4 is 5.32 Å². The van der Waals surface area contributed by atoms with Gasteiger partial charge in [-0.3, -0.25) is 4.99 Å². The van der Waals surface area contributed by atoms with Crippen LogP contribution in [0.25, 0.3) is 0 Å². The van der Waals surface area contributed by atoms with Crippen molar-refractivity contribution in [1.29, 1.82) is 0 Å². The summed E-state index contributed by atoms with van der Waals surface area (Å²) in [4.78, 5) is 7.15. The molecule has 2 atom stereocenters. The highest BCUT2D eigenvalue weighted by Crippen LogP contribution is 2.41. The number of likely N-dealkylation sites (tertiary alicyclic amines) is 1. The lowest BCUT2D eigenvalue weighted by molar-refractivity contribution is 0.104. The number of rotatable bonds is 6. The summed E-state index contributed by atoms with van der Waals surface area (Å²) in [6.45, 7) is 7.34. The maximum Gasteiger partial charge on any atom is 0.193 e. The predicted molar refractivity (Wildman–Crippen MR) is 116 cm³/mol. The first-order valence-electron chi connectivity index (χ1n) is 10.3. The van der Waals surface area contributed by atoms with E-state index in [1.54, 1.807) is 0 Å². The molecule has 1 N–H and O–H groups in total. The lowest BCUT2D eigenvalue weighted by Gasteiger charge is -2.32. The van der Waals surface area contributed by atoms with E-state index >= 15 is 0 Å². The van der Waals surface area contributed by atoms with Crippen molar-refractivity contribution in [2.24, 2.45) is 22.2 Å². The zero-order chi connectivity index (χ0) is 16.8. The molecule has 4 nitrogen and oxygen atoms in total. The van der Waals surface area contributed by atoms with Crippen molar-refractivity contribution in [2.45, 2.75) is 64.7 Å². The molecule has 0 radical (unpaired) electrons. The molecule has 146 valence electrons. The Bertz CT molecular complexity index is 409. The van der Waals surface area contributed by atoms with Crippen molar-refractivity contribution in [3.63, 3.8) is 0 Å². The molecular formula is C20H38IN3O. The molecule has 2 unspecified atom stereocenters. The number of halogens is 1. The second kappa shape index (κ2) is 10.3. The molecule has 3 fully saturated rings. The first kappa shape index (κ1) is 21.3. The molecule has 5 heteroatoms. The van der Waals surface area contributed by atoms with Gasteiger partial charge in [0.1, 0.15) is 0 Å². The Morgan fingerprint density at radius 3 is 2.32 bits per heavy atom. The summed E-state index contributed by atoms with van der Waals surface area (Å²) in [6, 6.07) is 0. The molecular weight excluding hydrogens is 425 g/mol. The highest BCUT2D eigenvalue weighted by atomic mass is 127. The summed E-state index contributed by atoms with van der Waals surface area (Å²) in [7, 11) is 1.95. The number of ether oxygens (including phenoxy) is 1. The smallest absolute Gasteiger partial charge is 0.193 e. The lowest BCUT2D eigenvalue weighted by atomic mass is 9.82. The molecule has 3 rings (SSSR count). The summed E-state index contributed by atoms with van der Waals surface area (Å²) in [5.74, 6) is 2.97. The minimum atomic E-state index is 0. The van der Waals surface area contributed by atoms with Crippen LogP contribution in [0.5, 0.6) is 0 Å². The highest BCUT2D eigenvalue weighted by molar-refractivity contribution is 14.0. The van der Waals surface area contributed by atoms with Crippen LogP contribution in [0.15, 0.2) is 4.99 Å². The van der Waals surface area contributed by atoms with Crippen LogP contribution in [0, 0.1) is 17.3 Å². The molecule has 1 aliphatic heterocycles. The Kier molecular flexibility index (Phi) is 8.79. The fraction of sp³-hybridized carbons (Fsp3) is 0.950. The second-order valence-electron chi connectivity index (χ2n) is 8.26. The average molecular weight is 463 g/mol. The average Bonchev–Trinajstić information content (AvgIpc) is 3.23. The van der Waals surface area contributed by atoms with Crippen LogP contribution in [0.3, 0.4) is 0 Å². The van der Waals surface area contributed by atoms with E-state index < -0.39 is 0 Å². The van der Waals surface area contributed by atoms with Crippen molar-refractivity contribution < 1.29 is 4.74 Å². The highest BCUT2D eigenvalue weighted by Gasteiger charge is 2.37. The number of nitrogens with one attached hydrogen (secondary N) is 1. The van der Waals surface area contributed by atoms with Gasteiger partial charge in [-0.25, -0.2) is 0 Å². The van der Waals surface area contributed by atoms with Gasteiger partial charge in [-0.05, 0) is 56.3 Å². The van der Waals surface area contributed by atoms with E-state index in [0.29, 0.717) is 5.41 Å². The number of fused-ring (bicyclic) bond motifs is 1. The van der Waals surface area contributed by atoms with Gasteiger partial charge in [0.25, 0.3) is 0 Å². The van der Waals surface area contributed by atoms with Crippen LogP contribution in [-0.2, 0) is 4.74 Å². The minimum absolute atomic E-state index is 0. The summed E-state index contributed by atoms with van der Waals surface area (Å²) in [5, 5.41) is 3.75. The zero-order valence-electron chi connectivity index (χ0n) is 16.3. The molecule has 0 spiro atoms. The van der Waals surface area contributed by atoms with E-state index in [9.17, 15) is 0 Å². The molecule has 25 heavy (non-hydrogen) atoms. The van der Waals surface area contributed by atoms with E-state index in [2.05, 4.69) is 22.1 Å². The molecule has 0 amide bonds. The van der Waals surface area contributed by atoms with Crippen LogP contribution in [0.1, 0.15) is 64.7 Å². The number of hydrogen-bond donors (Lipinski definition) is 1. The summed E-state index contributed by atoms with van der Waals surface area (Å²) in [6.07, 6.45) is 12.3. The van der Waals surface area contributed by atoms with E-state index in [-0.39, 0.29) is 24.0 Å². The van der Waals surface area contributed by atoms with Gasteiger partial charge in [0.15, 0.2) is 5.96 Å². The molecule has 3 aliphatic rings. The molecule has 2 aliphatic carbocycles. The molecule has 2 saturated carbocycles. The van der Waals surface area contributed by atoms with Crippen LogP contribution in [-0.4, -0.2) is 50.8 Å². The fourth-order valence-corrected chi connectivity index (χ4v) is 5.25. The van der Waals surface area contributed by atoms with Gasteiger partial charge in [-0.2, -0.15) is 0 Å². The van der Waals surface area contributed by atoms with Gasteiger partial charge in [-0.15, -0.1) is 24.0 Å². The van der Waals surface area contributed by atoms with Crippen molar-refractivity contribution in [3.8, 4) is 0 Å². The van der Waals surface area contributed by atoms with Crippen molar-refractivity contribution in [1.82, 2.24) is 10.2 Å². The number of guanidine groups is 1. The van der Waals surface area contributed by atoms with E-state index in [1.165, 1.54) is 70.9 Å². The summed E-state index contributed by atoms with van der Waals surface area (Å²) >= 11 is 0. The Labute approximate surface area is 171 Å². The molecule has 0 bridgehead atoms. The van der Waals surface area contributed by atoms with E-state index in [4.69, 9.17) is 4.74 Å².